The molecule has 5 N–H and O–H groups in total. The summed E-state index contributed by atoms with van der Waals surface area (Å²) in [6.45, 7) is 4.23. The first kappa shape index (κ1) is 29.5. The molecule has 0 saturated carbocycles. The van der Waals surface area contributed by atoms with Crippen molar-refractivity contribution < 1.29 is 29.6 Å². The highest BCUT2D eigenvalue weighted by atomic mass is 16.5. The third-order valence-corrected chi connectivity index (χ3v) is 8.59. The summed E-state index contributed by atoms with van der Waals surface area (Å²) in [6.07, 6.45) is 2.84. The number of aromatic hydroxyl groups is 2. The normalized spacial score (nSPS) is 19.9. The fourth-order valence-electron chi connectivity index (χ4n) is 6.39. The highest BCUT2D eigenvalue weighted by Gasteiger charge is 2.47. The van der Waals surface area contributed by atoms with Gasteiger partial charge in [-0.05, 0) is 47.7 Å². The Balaban J connectivity index is 1.46. The van der Waals surface area contributed by atoms with Crippen LogP contribution >= 0.6 is 0 Å². The summed E-state index contributed by atoms with van der Waals surface area (Å²) in [7, 11) is 0. The molecule has 1 amide bonds. The fraction of sp³-hybridized carbons (Fsp3) is 0.438. The smallest absolute Gasteiger partial charge is 0.308 e. The second-order valence-corrected chi connectivity index (χ2v) is 11.2. The number of benzene rings is 2. The van der Waals surface area contributed by atoms with Crippen molar-refractivity contribution >= 4 is 17.6 Å². The number of carbonyl (C=O) groups excluding carboxylic acids is 1. The zero-order valence-corrected chi connectivity index (χ0v) is 24.0. The molecule has 2 aliphatic heterocycles. The number of likely N-dealkylation sites (tertiary alicyclic amines) is 1. The van der Waals surface area contributed by atoms with Crippen LogP contribution in [0.2, 0.25) is 0 Å². The number of unbranched alkanes of at least 4 members (excludes halogenated alkanes) is 1. The van der Waals surface area contributed by atoms with Crippen molar-refractivity contribution in [3.8, 4) is 17.5 Å². The predicted octanol–water partition coefficient (Wildman–Crippen LogP) is 3.69. The summed E-state index contributed by atoms with van der Waals surface area (Å²) in [4.78, 5) is 30.6. The van der Waals surface area contributed by atoms with E-state index in [0.717, 1.165) is 47.4 Å². The average Bonchev–Trinajstić information content (AvgIpc) is 3.69. The first-order valence-corrected chi connectivity index (χ1v) is 14.7. The van der Waals surface area contributed by atoms with Gasteiger partial charge in [-0.1, -0.05) is 37.6 Å². The Hall–Kier alpha value is -4.02. The number of hydrogen-bond donors (Lipinski definition) is 4. The van der Waals surface area contributed by atoms with Crippen LogP contribution < -0.4 is 15.4 Å². The molecular weight excluding hydrogens is 536 g/mol. The number of anilines is 1. The van der Waals surface area contributed by atoms with Crippen LogP contribution in [-0.4, -0.2) is 68.9 Å². The van der Waals surface area contributed by atoms with Gasteiger partial charge in [0.25, 0.3) is 0 Å². The van der Waals surface area contributed by atoms with Gasteiger partial charge < -0.3 is 30.7 Å². The van der Waals surface area contributed by atoms with E-state index in [4.69, 9.17) is 10.5 Å². The number of aliphatic carboxylic acids is 1. The van der Waals surface area contributed by atoms with Crippen LogP contribution in [-0.2, 0) is 29.1 Å². The number of rotatable bonds is 12. The van der Waals surface area contributed by atoms with Crippen molar-refractivity contribution in [2.45, 2.75) is 57.7 Å². The Bertz CT molecular complexity index is 1400. The molecular formula is C32H40N4O6. The van der Waals surface area contributed by atoms with Crippen LogP contribution in [0.15, 0.2) is 54.6 Å². The zero-order chi connectivity index (χ0) is 29.8. The molecule has 0 bridgehead atoms. The minimum absolute atomic E-state index is 0.0409. The first-order valence-electron chi connectivity index (χ1n) is 14.7. The van der Waals surface area contributed by atoms with Crippen molar-refractivity contribution in [3.05, 3.63) is 71.3 Å². The summed E-state index contributed by atoms with van der Waals surface area (Å²) in [5.74, 6) is -1.54. The van der Waals surface area contributed by atoms with Gasteiger partial charge in [0.2, 0.25) is 5.91 Å². The van der Waals surface area contributed by atoms with E-state index in [2.05, 4.69) is 6.92 Å². The number of amides is 1. The van der Waals surface area contributed by atoms with E-state index in [1.807, 2.05) is 47.4 Å². The Kier molecular flexibility index (Phi) is 9.03. The molecule has 224 valence electrons. The summed E-state index contributed by atoms with van der Waals surface area (Å²) >= 11 is 0. The molecule has 1 fully saturated rings. The second-order valence-electron chi connectivity index (χ2n) is 11.2. The standard InChI is InChI=1S/C32H40N4O6/c1-2-3-13-35(24-6-4-5-21(16-24)18-33)30(39)20-34-19-25(22-7-8-27-23(17-22)12-15-42-27)31(32(40)41)26(34)11-14-36-28(37)9-10-29(36)38/h4-10,16-17,25-26,31,37-38H,2-3,11-15,18-20,33H2,1H3,(H,40,41)/t25-,26+,31?/m1/s1. The molecule has 3 atom stereocenters. The monoisotopic (exact) mass is 576 g/mol. The van der Waals surface area contributed by atoms with Gasteiger partial charge in [-0.2, -0.15) is 0 Å². The molecule has 0 aliphatic carbocycles. The third kappa shape index (κ3) is 6.10. The molecule has 5 rings (SSSR count). The van der Waals surface area contributed by atoms with Crippen LogP contribution in [0.25, 0.3) is 0 Å². The number of carboxylic acid groups (broad SMARTS) is 1. The number of aromatic nitrogens is 1. The van der Waals surface area contributed by atoms with Crippen LogP contribution in [0.1, 0.15) is 48.8 Å². The van der Waals surface area contributed by atoms with Gasteiger partial charge in [-0.3, -0.25) is 19.1 Å². The lowest BCUT2D eigenvalue weighted by Gasteiger charge is -2.30. The average molecular weight is 577 g/mol. The maximum Gasteiger partial charge on any atom is 0.308 e. The Morgan fingerprint density at radius 3 is 2.60 bits per heavy atom. The van der Waals surface area contributed by atoms with E-state index in [1.54, 1.807) is 4.90 Å². The van der Waals surface area contributed by atoms with E-state index in [9.17, 15) is 24.9 Å². The minimum atomic E-state index is -0.934. The number of fused-ring (bicyclic) bond motifs is 1. The number of carboxylic acids is 1. The number of carbonyl (C=O) groups is 2. The van der Waals surface area contributed by atoms with Crippen molar-refractivity contribution in [1.82, 2.24) is 9.47 Å². The quantitative estimate of drug-likeness (QED) is 0.256. The molecule has 3 aromatic rings. The van der Waals surface area contributed by atoms with Crippen molar-refractivity contribution in [1.29, 1.82) is 0 Å². The predicted molar refractivity (Wildman–Crippen MR) is 159 cm³/mol. The number of nitrogens with two attached hydrogens (primary N) is 1. The van der Waals surface area contributed by atoms with E-state index >= 15 is 0 Å². The van der Waals surface area contributed by atoms with Crippen LogP contribution in [0.3, 0.4) is 0 Å². The molecule has 2 aromatic carbocycles. The summed E-state index contributed by atoms with van der Waals surface area (Å²) in [5, 5.41) is 31.0. The zero-order valence-electron chi connectivity index (χ0n) is 24.0. The van der Waals surface area contributed by atoms with Crippen LogP contribution in [0, 0.1) is 5.92 Å². The largest absolute Gasteiger partial charge is 0.494 e. The molecule has 3 heterocycles. The van der Waals surface area contributed by atoms with Gasteiger partial charge in [0.05, 0.1) is 19.1 Å². The van der Waals surface area contributed by atoms with Gasteiger partial charge in [0.1, 0.15) is 5.75 Å². The molecule has 10 heteroatoms. The molecule has 2 aliphatic rings. The molecule has 0 spiro atoms. The lowest BCUT2D eigenvalue weighted by Crippen LogP contribution is -2.45. The molecule has 10 nitrogen and oxygen atoms in total. The maximum atomic E-state index is 14.0. The lowest BCUT2D eigenvalue weighted by atomic mass is 9.83. The van der Waals surface area contributed by atoms with Crippen LogP contribution in [0.4, 0.5) is 5.69 Å². The van der Waals surface area contributed by atoms with E-state index in [1.165, 1.54) is 16.7 Å². The van der Waals surface area contributed by atoms with Gasteiger partial charge in [0.15, 0.2) is 11.8 Å². The van der Waals surface area contributed by atoms with E-state index in [0.29, 0.717) is 32.7 Å². The molecule has 1 aromatic heterocycles. The topological polar surface area (TPSA) is 141 Å². The van der Waals surface area contributed by atoms with Crippen molar-refractivity contribution in [3.63, 3.8) is 0 Å². The Labute approximate surface area is 245 Å². The SMILES string of the molecule is CCCCN(C(=O)CN1C[C@H](c2ccc3c(c2)CCO3)C(C(=O)O)[C@@H]1CCn1c(O)ccc1O)c1cccc(CN)c1. The highest BCUT2D eigenvalue weighted by Crippen LogP contribution is 2.41. The third-order valence-electron chi connectivity index (χ3n) is 8.59. The first-order chi connectivity index (χ1) is 20.3. The molecule has 1 saturated heterocycles. The molecule has 0 radical (unpaired) electrons. The highest BCUT2D eigenvalue weighted by molar-refractivity contribution is 5.95. The Morgan fingerprint density at radius 2 is 1.88 bits per heavy atom. The Morgan fingerprint density at radius 1 is 1.10 bits per heavy atom. The summed E-state index contributed by atoms with van der Waals surface area (Å²) in [6, 6.07) is 15.8. The van der Waals surface area contributed by atoms with E-state index in [-0.39, 0.29) is 36.7 Å². The second kappa shape index (κ2) is 12.9. The summed E-state index contributed by atoms with van der Waals surface area (Å²) in [5.41, 5.74) is 9.56. The lowest BCUT2D eigenvalue weighted by molar-refractivity contribution is -0.143. The summed E-state index contributed by atoms with van der Waals surface area (Å²) < 4.78 is 7.02. The van der Waals surface area contributed by atoms with Gasteiger partial charge >= 0.3 is 5.97 Å². The van der Waals surface area contributed by atoms with Crippen molar-refractivity contribution in [2.75, 3.05) is 31.1 Å². The minimum Gasteiger partial charge on any atom is -0.494 e. The van der Waals surface area contributed by atoms with Gasteiger partial charge in [-0.15, -0.1) is 0 Å². The van der Waals surface area contributed by atoms with Crippen molar-refractivity contribution in [2.24, 2.45) is 11.7 Å². The molecule has 1 unspecified atom stereocenters. The van der Waals surface area contributed by atoms with Gasteiger partial charge in [-0.25, -0.2) is 0 Å². The number of nitrogens with zero attached hydrogens (tertiary/aromatic N) is 3. The fourth-order valence-corrected chi connectivity index (χ4v) is 6.39. The number of hydrogen-bond acceptors (Lipinski definition) is 7. The molecule has 42 heavy (non-hydrogen) atoms. The van der Waals surface area contributed by atoms with E-state index < -0.39 is 17.9 Å². The maximum absolute atomic E-state index is 14.0. The van der Waals surface area contributed by atoms with Crippen LogP contribution in [0.5, 0.6) is 17.5 Å². The van der Waals surface area contributed by atoms with Gasteiger partial charge in [0, 0.05) is 62.4 Å². The number of ether oxygens (including phenoxy) is 1.